The molecule has 11 heteroatoms. The van der Waals surface area contributed by atoms with Gasteiger partial charge in [-0.15, -0.1) is 0 Å². The van der Waals surface area contributed by atoms with Gasteiger partial charge in [0.1, 0.15) is 29.9 Å². The first-order chi connectivity index (χ1) is 22.6. The highest BCUT2D eigenvalue weighted by atomic mass is 32.2. The summed E-state index contributed by atoms with van der Waals surface area (Å²) >= 11 is 0. The zero-order chi connectivity index (χ0) is 34.0. The van der Waals surface area contributed by atoms with E-state index in [-0.39, 0.29) is 34.9 Å². The van der Waals surface area contributed by atoms with Crippen LogP contribution in [0, 0.1) is 12.7 Å². The monoisotopic (exact) mass is 661 g/mol. The summed E-state index contributed by atoms with van der Waals surface area (Å²) in [4.78, 5) is 29.5. The van der Waals surface area contributed by atoms with E-state index in [0.717, 1.165) is 15.4 Å². The predicted molar refractivity (Wildman–Crippen MR) is 179 cm³/mol. The number of carbonyl (C=O) groups excluding carboxylic acids is 2. The normalized spacial score (nSPS) is 11.8. The lowest BCUT2D eigenvalue weighted by Crippen LogP contribution is -2.53. The molecular weight excluding hydrogens is 621 g/mol. The largest absolute Gasteiger partial charge is 0.497 e. The van der Waals surface area contributed by atoms with E-state index in [1.807, 2.05) is 44.2 Å². The number of nitrogens with zero attached hydrogens (tertiary/aromatic N) is 2. The molecule has 9 nitrogen and oxygen atoms in total. The molecule has 1 N–H and O–H groups in total. The van der Waals surface area contributed by atoms with Crippen molar-refractivity contribution in [3.8, 4) is 11.5 Å². The van der Waals surface area contributed by atoms with Gasteiger partial charge in [0.15, 0.2) is 0 Å². The molecule has 0 aliphatic carbocycles. The van der Waals surface area contributed by atoms with Crippen molar-refractivity contribution < 1.29 is 31.9 Å². The first-order valence-corrected chi connectivity index (χ1v) is 16.7. The lowest BCUT2D eigenvalue weighted by Gasteiger charge is -2.34. The molecule has 1 atom stereocenters. The maximum atomic E-state index is 15.1. The number of carbonyl (C=O) groups is 2. The van der Waals surface area contributed by atoms with Crippen LogP contribution in [-0.4, -0.2) is 58.5 Å². The van der Waals surface area contributed by atoms with Crippen molar-refractivity contribution in [3.63, 3.8) is 0 Å². The van der Waals surface area contributed by atoms with Crippen LogP contribution >= 0.6 is 0 Å². The van der Waals surface area contributed by atoms with Crippen LogP contribution in [0.1, 0.15) is 30.0 Å². The highest BCUT2D eigenvalue weighted by molar-refractivity contribution is 7.92. The molecule has 0 saturated carbocycles. The van der Waals surface area contributed by atoms with Crippen LogP contribution in [0.3, 0.4) is 0 Å². The van der Waals surface area contributed by atoms with Crippen LogP contribution in [0.2, 0.25) is 0 Å². The van der Waals surface area contributed by atoms with Gasteiger partial charge in [0.05, 0.1) is 24.8 Å². The summed E-state index contributed by atoms with van der Waals surface area (Å²) in [5.41, 5.74) is 1.85. The third-order valence-electron chi connectivity index (χ3n) is 7.66. The van der Waals surface area contributed by atoms with E-state index in [4.69, 9.17) is 9.47 Å². The van der Waals surface area contributed by atoms with Crippen LogP contribution < -0.4 is 19.1 Å². The van der Waals surface area contributed by atoms with Gasteiger partial charge in [-0.3, -0.25) is 13.9 Å². The van der Waals surface area contributed by atoms with Gasteiger partial charge in [-0.1, -0.05) is 73.2 Å². The van der Waals surface area contributed by atoms with E-state index in [1.165, 1.54) is 55.5 Å². The van der Waals surface area contributed by atoms with Gasteiger partial charge in [-0.25, -0.2) is 12.8 Å². The van der Waals surface area contributed by atoms with Gasteiger partial charge in [-0.05, 0) is 49.2 Å². The summed E-state index contributed by atoms with van der Waals surface area (Å²) in [6.45, 7) is 3.10. The van der Waals surface area contributed by atoms with E-state index < -0.39 is 40.2 Å². The van der Waals surface area contributed by atoms with Crippen LogP contribution in [0.25, 0.3) is 0 Å². The van der Waals surface area contributed by atoms with Crippen LogP contribution in [0.15, 0.2) is 102 Å². The second-order valence-electron chi connectivity index (χ2n) is 11.0. The lowest BCUT2D eigenvalue weighted by molar-refractivity contribution is -0.140. The number of rotatable bonds is 15. The fraction of sp³-hybridized carbons (Fsp3) is 0.278. The molecular formula is C36H40FN3O6S. The fourth-order valence-corrected chi connectivity index (χ4v) is 6.49. The predicted octanol–water partition coefficient (Wildman–Crippen LogP) is 5.51. The molecule has 0 aliphatic rings. The molecule has 1 unspecified atom stereocenters. The minimum absolute atomic E-state index is 0.0528. The first-order valence-electron chi connectivity index (χ1n) is 15.2. The van der Waals surface area contributed by atoms with Crippen molar-refractivity contribution in [1.82, 2.24) is 10.2 Å². The molecule has 0 bridgehead atoms. The molecule has 0 saturated heterocycles. The number of hydrogen-bond donors (Lipinski definition) is 1. The van der Waals surface area contributed by atoms with Gasteiger partial charge in [0.2, 0.25) is 11.8 Å². The average Bonchev–Trinajstić information content (AvgIpc) is 3.08. The number of sulfonamides is 1. The number of amides is 2. The van der Waals surface area contributed by atoms with Gasteiger partial charge < -0.3 is 19.7 Å². The van der Waals surface area contributed by atoms with Gasteiger partial charge >= 0.3 is 0 Å². The SMILES string of the molecule is CCCNC(=O)C(Cc1ccccc1)N(Cc1ccccc1F)C(=O)CN(c1cc(OC)ccc1OC)S(=O)(=O)c1ccc(C)cc1. The Morgan fingerprint density at radius 1 is 0.894 bits per heavy atom. The Morgan fingerprint density at radius 3 is 2.21 bits per heavy atom. The molecule has 0 fully saturated rings. The molecule has 4 rings (SSSR count). The van der Waals surface area contributed by atoms with E-state index in [1.54, 1.807) is 30.3 Å². The number of benzene rings is 4. The van der Waals surface area contributed by atoms with Gasteiger partial charge in [0.25, 0.3) is 10.0 Å². The van der Waals surface area contributed by atoms with Crippen molar-refractivity contribution in [1.29, 1.82) is 0 Å². The third kappa shape index (κ3) is 8.68. The van der Waals surface area contributed by atoms with E-state index in [0.29, 0.717) is 18.7 Å². The summed E-state index contributed by atoms with van der Waals surface area (Å²) in [5, 5.41) is 2.87. The molecule has 47 heavy (non-hydrogen) atoms. The number of methoxy groups -OCH3 is 2. The summed E-state index contributed by atoms with van der Waals surface area (Å²) in [7, 11) is -1.55. The second kappa shape index (κ2) is 16.1. The zero-order valence-corrected chi connectivity index (χ0v) is 27.8. The van der Waals surface area contributed by atoms with Gasteiger partial charge in [-0.2, -0.15) is 0 Å². The smallest absolute Gasteiger partial charge is 0.264 e. The number of hydrogen-bond acceptors (Lipinski definition) is 6. The Balaban J connectivity index is 1.87. The van der Waals surface area contributed by atoms with Crippen LogP contribution in [-0.2, 0) is 32.6 Å². The molecule has 0 aliphatic heterocycles. The minimum atomic E-state index is -4.38. The molecule has 0 spiro atoms. The Hall–Kier alpha value is -4.90. The number of halogens is 1. The van der Waals surface area contributed by atoms with E-state index in [9.17, 15) is 18.0 Å². The third-order valence-corrected chi connectivity index (χ3v) is 9.44. The van der Waals surface area contributed by atoms with Crippen LogP contribution in [0.4, 0.5) is 10.1 Å². The number of ether oxygens (including phenoxy) is 2. The van der Waals surface area contributed by atoms with Crippen molar-refractivity contribution in [2.75, 3.05) is 31.6 Å². The Kier molecular flexibility index (Phi) is 12.0. The number of nitrogens with one attached hydrogen (secondary N) is 1. The molecule has 248 valence electrons. The van der Waals surface area contributed by atoms with E-state index >= 15 is 4.39 Å². The highest BCUT2D eigenvalue weighted by Crippen LogP contribution is 2.36. The fourth-order valence-electron chi connectivity index (χ4n) is 5.07. The molecule has 0 radical (unpaired) electrons. The summed E-state index contributed by atoms with van der Waals surface area (Å²) in [5.74, 6) is -1.21. The Labute approximate surface area is 276 Å². The van der Waals surface area contributed by atoms with Gasteiger partial charge in [0, 0.05) is 31.1 Å². The van der Waals surface area contributed by atoms with Crippen molar-refractivity contribution in [3.05, 3.63) is 120 Å². The second-order valence-corrected chi connectivity index (χ2v) is 12.8. The summed E-state index contributed by atoms with van der Waals surface area (Å²) in [6, 6.07) is 24.9. The molecule has 4 aromatic rings. The molecule has 0 aromatic heterocycles. The molecule has 2 amide bonds. The van der Waals surface area contributed by atoms with Crippen molar-refractivity contribution in [2.45, 2.75) is 44.2 Å². The van der Waals surface area contributed by atoms with Crippen molar-refractivity contribution >= 4 is 27.5 Å². The topological polar surface area (TPSA) is 105 Å². The molecule has 0 heterocycles. The number of aryl methyl sites for hydroxylation is 1. The highest BCUT2D eigenvalue weighted by Gasteiger charge is 2.36. The quantitative estimate of drug-likeness (QED) is 0.180. The minimum Gasteiger partial charge on any atom is -0.497 e. The van der Waals surface area contributed by atoms with E-state index in [2.05, 4.69) is 5.32 Å². The Morgan fingerprint density at radius 2 is 1.57 bits per heavy atom. The lowest BCUT2D eigenvalue weighted by atomic mass is 10.0. The number of anilines is 1. The first kappa shape index (κ1) is 35.0. The maximum absolute atomic E-state index is 15.1. The Bertz CT molecular complexity index is 1770. The average molecular weight is 662 g/mol. The van der Waals surface area contributed by atoms with Crippen LogP contribution in [0.5, 0.6) is 11.5 Å². The zero-order valence-electron chi connectivity index (χ0n) is 27.0. The summed E-state index contributed by atoms with van der Waals surface area (Å²) < 4.78 is 55.6. The van der Waals surface area contributed by atoms with Crippen molar-refractivity contribution in [2.24, 2.45) is 0 Å². The standard InChI is InChI=1S/C36H40FN3O6S/c1-5-21-38-36(42)33(22-27-11-7-6-8-12-27)39(24-28-13-9-10-14-31(28)37)35(41)25-40(32-23-29(45-3)17-20-34(32)46-4)47(43,44)30-18-15-26(2)16-19-30/h6-20,23,33H,5,21-22,24-25H2,1-4H3,(H,38,42). The molecule has 4 aromatic carbocycles. The maximum Gasteiger partial charge on any atom is 0.264 e. The summed E-state index contributed by atoms with van der Waals surface area (Å²) in [6.07, 6.45) is 0.771.